The summed E-state index contributed by atoms with van der Waals surface area (Å²) in [6.45, 7) is 6.30. The summed E-state index contributed by atoms with van der Waals surface area (Å²) in [4.78, 5) is 22.6. The Morgan fingerprint density at radius 2 is 2.06 bits per heavy atom. The highest BCUT2D eigenvalue weighted by Crippen LogP contribution is 2.11. The Morgan fingerprint density at radius 1 is 1.44 bits per heavy atom. The molecule has 5 nitrogen and oxygen atoms in total. The van der Waals surface area contributed by atoms with Gasteiger partial charge in [0.15, 0.2) is 0 Å². The topological polar surface area (TPSA) is 81.4 Å². The van der Waals surface area contributed by atoms with Crippen molar-refractivity contribution in [3.8, 4) is 0 Å². The maximum absolute atomic E-state index is 11.4. The van der Waals surface area contributed by atoms with E-state index in [1.54, 1.807) is 13.8 Å². The third-order valence-electron chi connectivity index (χ3n) is 1.84. The first-order valence-electron chi connectivity index (χ1n) is 5.34. The lowest BCUT2D eigenvalue weighted by atomic mass is 10.4. The highest BCUT2D eigenvalue weighted by Gasteiger charge is 2.18. The molecule has 0 rings (SSSR count). The lowest BCUT2D eigenvalue weighted by Gasteiger charge is -2.14. The van der Waals surface area contributed by atoms with Crippen molar-refractivity contribution in [1.29, 1.82) is 0 Å². The summed E-state index contributed by atoms with van der Waals surface area (Å²) in [6.07, 6.45) is 0. The number of hydrogen-bond acceptors (Lipinski definition) is 5. The van der Waals surface area contributed by atoms with Gasteiger partial charge in [-0.1, -0.05) is 0 Å². The second kappa shape index (κ2) is 8.41. The maximum Gasteiger partial charge on any atom is 0.323 e. The minimum absolute atomic E-state index is 0.0384. The smallest absolute Gasteiger partial charge is 0.323 e. The third kappa shape index (κ3) is 5.97. The standard InChI is InChI=1S/C10H20N2O3S/c1-4-12-9(13)7(3)16-6-8(11)10(14)15-5-2/h7-8H,4-6,11H2,1-3H3,(H,12,13). The molecule has 0 bridgehead atoms. The molecule has 0 saturated carbocycles. The Hall–Kier alpha value is -0.750. The van der Waals surface area contributed by atoms with Gasteiger partial charge >= 0.3 is 5.97 Å². The van der Waals surface area contributed by atoms with Gasteiger partial charge < -0.3 is 15.8 Å². The van der Waals surface area contributed by atoms with Crippen molar-refractivity contribution in [2.75, 3.05) is 18.9 Å². The summed E-state index contributed by atoms with van der Waals surface area (Å²) >= 11 is 1.35. The molecular weight excluding hydrogens is 228 g/mol. The molecule has 6 heteroatoms. The Balaban J connectivity index is 3.86. The molecule has 0 heterocycles. The van der Waals surface area contributed by atoms with E-state index in [-0.39, 0.29) is 11.2 Å². The number of carbonyl (C=O) groups is 2. The Bertz CT molecular complexity index is 212. The molecule has 16 heavy (non-hydrogen) atoms. The van der Waals surface area contributed by atoms with Crippen LogP contribution in [0.25, 0.3) is 0 Å². The van der Waals surface area contributed by atoms with Crippen molar-refractivity contribution >= 4 is 23.6 Å². The lowest BCUT2D eigenvalue weighted by molar-refractivity contribution is -0.144. The van der Waals surface area contributed by atoms with Crippen LogP contribution in [0.2, 0.25) is 0 Å². The number of thioether (sulfide) groups is 1. The fourth-order valence-electron chi connectivity index (χ4n) is 0.959. The van der Waals surface area contributed by atoms with Crippen LogP contribution < -0.4 is 11.1 Å². The van der Waals surface area contributed by atoms with Crippen molar-refractivity contribution in [3.63, 3.8) is 0 Å². The molecule has 0 aliphatic carbocycles. The second-order valence-corrected chi connectivity index (χ2v) is 4.60. The first-order valence-corrected chi connectivity index (χ1v) is 6.39. The number of ether oxygens (including phenoxy) is 1. The van der Waals surface area contributed by atoms with Gasteiger partial charge in [-0.3, -0.25) is 9.59 Å². The predicted molar refractivity (Wildman–Crippen MR) is 65.2 cm³/mol. The number of amides is 1. The summed E-state index contributed by atoms with van der Waals surface area (Å²) in [6, 6.07) is -0.665. The minimum atomic E-state index is -0.665. The van der Waals surface area contributed by atoms with Crippen molar-refractivity contribution in [2.24, 2.45) is 5.73 Å². The van der Waals surface area contributed by atoms with Crippen molar-refractivity contribution in [3.05, 3.63) is 0 Å². The Labute approximate surface area is 100 Å². The van der Waals surface area contributed by atoms with Gasteiger partial charge in [-0.05, 0) is 20.8 Å². The zero-order valence-electron chi connectivity index (χ0n) is 9.99. The molecular formula is C10H20N2O3S. The number of nitrogens with two attached hydrogens (primary N) is 1. The molecule has 0 aromatic heterocycles. The molecule has 1 amide bonds. The summed E-state index contributed by atoms with van der Waals surface area (Å²) in [5.74, 6) is -0.0708. The molecule has 3 N–H and O–H groups in total. The fourth-order valence-corrected chi connectivity index (χ4v) is 1.83. The average Bonchev–Trinajstić information content (AvgIpc) is 2.25. The monoisotopic (exact) mass is 248 g/mol. The van der Waals surface area contributed by atoms with Gasteiger partial charge in [0.05, 0.1) is 11.9 Å². The molecule has 2 unspecified atom stereocenters. The van der Waals surface area contributed by atoms with Crippen LogP contribution in [-0.4, -0.2) is 42.1 Å². The van der Waals surface area contributed by atoms with Crippen LogP contribution in [0.15, 0.2) is 0 Å². The van der Waals surface area contributed by atoms with E-state index >= 15 is 0 Å². The predicted octanol–water partition coefficient (Wildman–Crippen LogP) is 0.135. The van der Waals surface area contributed by atoms with Crippen LogP contribution in [0, 0.1) is 0 Å². The van der Waals surface area contributed by atoms with Gasteiger partial charge in [0, 0.05) is 12.3 Å². The van der Waals surface area contributed by atoms with Gasteiger partial charge in [-0.15, -0.1) is 11.8 Å². The van der Waals surface area contributed by atoms with Crippen molar-refractivity contribution < 1.29 is 14.3 Å². The van der Waals surface area contributed by atoms with Crippen LogP contribution in [0.3, 0.4) is 0 Å². The number of rotatable bonds is 7. The molecule has 94 valence electrons. The van der Waals surface area contributed by atoms with E-state index in [0.29, 0.717) is 18.9 Å². The minimum Gasteiger partial charge on any atom is -0.465 e. The van der Waals surface area contributed by atoms with Gasteiger partial charge in [-0.25, -0.2) is 0 Å². The molecule has 0 radical (unpaired) electrons. The molecule has 0 aromatic rings. The van der Waals surface area contributed by atoms with Gasteiger partial charge in [0.2, 0.25) is 5.91 Å². The lowest BCUT2D eigenvalue weighted by Crippen LogP contribution is -2.37. The van der Waals surface area contributed by atoms with Crippen LogP contribution in [0.5, 0.6) is 0 Å². The van der Waals surface area contributed by atoms with E-state index in [1.807, 2.05) is 6.92 Å². The third-order valence-corrected chi connectivity index (χ3v) is 3.10. The van der Waals surface area contributed by atoms with E-state index in [9.17, 15) is 9.59 Å². The van der Waals surface area contributed by atoms with Crippen molar-refractivity contribution in [1.82, 2.24) is 5.32 Å². The normalized spacial score (nSPS) is 14.0. The van der Waals surface area contributed by atoms with Crippen LogP contribution in [-0.2, 0) is 14.3 Å². The zero-order chi connectivity index (χ0) is 12.6. The number of carbonyl (C=O) groups excluding carboxylic acids is 2. The first-order chi connectivity index (χ1) is 7.52. The highest BCUT2D eigenvalue weighted by molar-refractivity contribution is 8.00. The van der Waals surface area contributed by atoms with Gasteiger partial charge in [0.25, 0.3) is 0 Å². The summed E-state index contributed by atoms with van der Waals surface area (Å²) in [5.41, 5.74) is 5.60. The van der Waals surface area contributed by atoms with Crippen molar-refractivity contribution in [2.45, 2.75) is 32.1 Å². The Kier molecular flexibility index (Phi) is 8.01. The van der Waals surface area contributed by atoms with Gasteiger partial charge in [-0.2, -0.15) is 0 Å². The number of hydrogen-bond donors (Lipinski definition) is 2. The zero-order valence-corrected chi connectivity index (χ0v) is 10.8. The quantitative estimate of drug-likeness (QED) is 0.626. The molecule has 0 aromatic carbocycles. The fraction of sp³-hybridized carbons (Fsp3) is 0.800. The summed E-state index contributed by atoms with van der Waals surface area (Å²) in [7, 11) is 0. The van der Waals surface area contributed by atoms with Crippen LogP contribution >= 0.6 is 11.8 Å². The van der Waals surface area contributed by atoms with E-state index in [2.05, 4.69) is 5.32 Å². The molecule has 0 spiro atoms. The largest absolute Gasteiger partial charge is 0.465 e. The number of esters is 1. The molecule has 0 saturated heterocycles. The molecule has 0 aliphatic heterocycles. The highest BCUT2D eigenvalue weighted by atomic mass is 32.2. The van der Waals surface area contributed by atoms with E-state index in [4.69, 9.17) is 10.5 Å². The Morgan fingerprint density at radius 3 is 2.56 bits per heavy atom. The van der Waals surface area contributed by atoms with Crippen LogP contribution in [0.4, 0.5) is 0 Å². The van der Waals surface area contributed by atoms with E-state index < -0.39 is 12.0 Å². The molecule has 2 atom stereocenters. The SMILES string of the molecule is CCNC(=O)C(C)SCC(N)C(=O)OCC. The average molecular weight is 248 g/mol. The first kappa shape index (κ1) is 15.2. The van der Waals surface area contributed by atoms with Gasteiger partial charge in [0.1, 0.15) is 6.04 Å². The van der Waals surface area contributed by atoms with Crippen LogP contribution in [0.1, 0.15) is 20.8 Å². The van der Waals surface area contributed by atoms with E-state index in [0.717, 1.165) is 0 Å². The maximum atomic E-state index is 11.4. The summed E-state index contributed by atoms with van der Waals surface area (Å²) < 4.78 is 4.77. The summed E-state index contributed by atoms with van der Waals surface area (Å²) in [5, 5.41) is 2.50. The molecule has 0 aliphatic rings. The number of nitrogens with one attached hydrogen (secondary N) is 1. The second-order valence-electron chi connectivity index (χ2n) is 3.23. The van der Waals surface area contributed by atoms with E-state index in [1.165, 1.54) is 11.8 Å². The molecule has 0 fully saturated rings.